The van der Waals surface area contributed by atoms with Crippen molar-refractivity contribution in [2.75, 3.05) is 20.2 Å². The molecule has 0 aliphatic rings. The third-order valence-electron chi connectivity index (χ3n) is 3.08. The molecule has 0 bridgehead atoms. The van der Waals surface area contributed by atoms with E-state index >= 15 is 0 Å². The molecule has 6 heteroatoms. The van der Waals surface area contributed by atoms with Crippen molar-refractivity contribution in [3.8, 4) is 5.75 Å². The number of hydrogen-bond donors (Lipinski definition) is 0. The lowest BCUT2D eigenvalue weighted by molar-refractivity contribution is 0.201. The number of carbonyl (C=O) groups excluding carboxylic acids is 1. The third kappa shape index (κ3) is 3.58. The highest BCUT2D eigenvalue weighted by Crippen LogP contribution is 2.33. The Morgan fingerprint density at radius 1 is 1.29 bits per heavy atom. The summed E-state index contributed by atoms with van der Waals surface area (Å²) in [5.74, 6) is 0.798. The van der Waals surface area contributed by atoms with Gasteiger partial charge >= 0.3 is 6.03 Å². The number of ether oxygens (including phenoxy) is 1. The molecule has 2 aromatic rings. The average molecular weight is 305 g/mol. The van der Waals surface area contributed by atoms with E-state index in [0.29, 0.717) is 13.1 Å². The molecule has 0 radical (unpaired) electrons. The van der Waals surface area contributed by atoms with Gasteiger partial charge in [0.15, 0.2) is 0 Å². The standard InChI is InChI=1S/C15H19N3O2S/c1-4-17(5-2)15(19)18-11-10-14(16-18)21-13-9-7-6-8-12(13)20-3/h6-11H,4-5H2,1-3H3. The number of methoxy groups -OCH3 is 1. The lowest BCUT2D eigenvalue weighted by atomic mass is 10.3. The second-order valence-corrected chi connectivity index (χ2v) is 5.37. The zero-order valence-corrected chi connectivity index (χ0v) is 13.3. The molecule has 1 heterocycles. The van der Waals surface area contributed by atoms with E-state index in [1.54, 1.807) is 18.2 Å². The largest absolute Gasteiger partial charge is 0.496 e. The van der Waals surface area contributed by atoms with Crippen LogP contribution in [0, 0.1) is 0 Å². The molecule has 1 aromatic heterocycles. The van der Waals surface area contributed by atoms with Gasteiger partial charge in [-0.15, -0.1) is 0 Å². The quantitative estimate of drug-likeness (QED) is 0.850. The fourth-order valence-corrected chi connectivity index (χ4v) is 2.80. The number of aromatic nitrogens is 2. The van der Waals surface area contributed by atoms with Crippen LogP contribution < -0.4 is 4.74 Å². The zero-order chi connectivity index (χ0) is 15.2. The van der Waals surface area contributed by atoms with Gasteiger partial charge in [-0.05, 0) is 32.0 Å². The molecule has 21 heavy (non-hydrogen) atoms. The normalized spacial score (nSPS) is 10.4. The monoisotopic (exact) mass is 305 g/mol. The van der Waals surface area contributed by atoms with Crippen LogP contribution >= 0.6 is 11.8 Å². The molecule has 0 atom stereocenters. The molecule has 112 valence electrons. The predicted molar refractivity (Wildman–Crippen MR) is 83.1 cm³/mol. The summed E-state index contributed by atoms with van der Waals surface area (Å²) in [6, 6.07) is 9.47. The maximum absolute atomic E-state index is 12.2. The van der Waals surface area contributed by atoms with Crippen LogP contribution in [0.25, 0.3) is 0 Å². The minimum absolute atomic E-state index is 0.105. The molecule has 0 saturated carbocycles. The Morgan fingerprint density at radius 2 is 2.00 bits per heavy atom. The Balaban J connectivity index is 2.15. The summed E-state index contributed by atoms with van der Waals surface area (Å²) in [4.78, 5) is 14.9. The Kier molecular flexibility index (Phi) is 5.27. The van der Waals surface area contributed by atoms with Crippen molar-refractivity contribution in [1.82, 2.24) is 14.7 Å². The van der Waals surface area contributed by atoms with Gasteiger partial charge in [-0.3, -0.25) is 0 Å². The van der Waals surface area contributed by atoms with Crippen LogP contribution in [0.15, 0.2) is 46.5 Å². The summed E-state index contributed by atoms with van der Waals surface area (Å²) in [6.45, 7) is 5.25. The second kappa shape index (κ2) is 7.17. The molecule has 0 saturated heterocycles. The molecule has 0 aliphatic carbocycles. The zero-order valence-electron chi connectivity index (χ0n) is 12.4. The molecular formula is C15H19N3O2S. The van der Waals surface area contributed by atoms with E-state index in [0.717, 1.165) is 15.7 Å². The van der Waals surface area contributed by atoms with E-state index < -0.39 is 0 Å². The van der Waals surface area contributed by atoms with E-state index in [-0.39, 0.29) is 6.03 Å². The minimum Gasteiger partial charge on any atom is -0.496 e. The molecule has 1 aromatic carbocycles. The van der Waals surface area contributed by atoms with Crippen molar-refractivity contribution in [3.63, 3.8) is 0 Å². The van der Waals surface area contributed by atoms with Crippen molar-refractivity contribution in [1.29, 1.82) is 0 Å². The molecule has 0 spiro atoms. The number of benzene rings is 1. The second-order valence-electron chi connectivity index (χ2n) is 4.31. The van der Waals surface area contributed by atoms with E-state index in [9.17, 15) is 4.79 Å². The van der Waals surface area contributed by atoms with Gasteiger partial charge in [-0.2, -0.15) is 9.78 Å². The third-order valence-corrected chi connectivity index (χ3v) is 4.06. The van der Waals surface area contributed by atoms with Gasteiger partial charge < -0.3 is 9.64 Å². The number of carbonyl (C=O) groups is 1. The molecule has 0 aliphatic heterocycles. The van der Waals surface area contributed by atoms with Crippen molar-refractivity contribution >= 4 is 17.8 Å². The van der Waals surface area contributed by atoms with Gasteiger partial charge in [0.25, 0.3) is 0 Å². The summed E-state index contributed by atoms with van der Waals surface area (Å²) in [7, 11) is 1.64. The molecule has 0 fully saturated rings. The maximum Gasteiger partial charge on any atom is 0.344 e. The smallest absolute Gasteiger partial charge is 0.344 e. The van der Waals surface area contributed by atoms with Crippen LogP contribution in [0.5, 0.6) is 5.75 Å². The van der Waals surface area contributed by atoms with Gasteiger partial charge in [0.2, 0.25) is 0 Å². The first-order chi connectivity index (χ1) is 10.2. The topological polar surface area (TPSA) is 47.4 Å². The summed E-state index contributed by atoms with van der Waals surface area (Å²) < 4.78 is 6.69. The number of para-hydroxylation sites is 1. The Hall–Kier alpha value is -1.95. The van der Waals surface area contributed by atoms with E-state index in [4.69, 9.17) is 4.74 Å². The highest BCUT2D eigenvalue weighted by Gasteiger charge is 2.14. The van der Waals surface area contributed by atoms with Crippen molar-refractivity contribution in [2.45, 2.75) is 23.8 Å². The average Bonchev–Trinajstić information content (AvgIpc) is 2.97. The molecule has 0 unspecified atom stereocenters. The summed E-state index contributed by atoms with van der Waals surface area (Å²) in [5, 5.41) is 5.09. The summed E-state index contributed by atoms with van der Waals surface area (Å²) >= 11 is 1.48. The fourth-order valence-electron chi connectivity index (χ4n) is 1.92. The van der Waals surface area contributed by atoms with E-state index in [2.05, 4.69) is 5.10 Å². The Labute approximate surface area is 128 Å². The Bertz CT molecular complexity index is 608. The first-order valence-corrected chi connectivity index (χ1v) is 7.67. The molecule has 1 amide bonds. The molecule has 2 rings (SSSR count). The van der Waals surface area contributed by atoms with Crippen LogP contribution in [0.2, 0.25) is 0 Å². The van der Waals surface area contributed by atoms with Crippen molar-refractivity contribution < 1.29 is 9.53 Å². The van der Waals surface area contributed by atoms with Crippen molar-refractivity contribution in [3.05, 3.63) is 36.5 Å². The number of rotatable bonds is 5. The van der Waals surface area contributed by atoms with Gasteiger partial charge in [-0.25, -0.2) is 4.79 Å². The van der Waals surface area contributed by atoms with Gasteiger partial charge in [-0.1, -0.05) is 23.9 Å². The minimum atomic E-state index is -0.105. The maximum atomic E-state index is 12.2. The van der Waals surface area contributed by atoms with Gasteiger partial charge in [0, 0.05) is 19.3 Å². The van der Waals surface area contributed by atoms with Crippen LogP contribution in [-0.2, 0) is 0 Å². The van der Waals surface area contributed by atoms with E-state index in [1.807, 2.05) is 44.2 Å². The Morgan fingerprint density at radius 3 is 2.67 bits per heavy atom. The number of amides is 1. The van der Waals surface area contributed by atoms with Crippen LogP contribution in [0.4, 0.5) is 4.79 Å². The lowest BCUT2D eigenvalue weighted by Crippen LogP contribution is -2.34. The highest BCUT2D eigenvalue weighted by atomic mass is 32.2. The molecular weight excluding hydrogens is 286 g/mol. The first kappa shape index (κ1) is 15.4. The number of hydrogen-bond acceptors (Lipinski definition) is 4. The van der Waals surface area contributed by atoms with Crippen LogP contribution in [0.1, 0.15) is 13.8 Å². The van der Waals surface area contributed by atoms with Crippen molar-refractivity contribution in [2.24, 2.45) is 0 Å². The fraction of sp³-hybridized carbons (Fsp3) is 0.333. The SMILES string of the molecule is CCN(CC)C(=O)n1ccc(Sc2ccccc2OC)n1. The highest BCUT2D eigenvalue weighted by molar-refractivity contribution is 7.99. The van der Waals surface area contributed by atoms with Crippen LogP contribution in [0.3, 0.4) is 0 Å². The predicted octanol–water partition coefficient (Wildman–Crippen LogP) is 3.35. The first-order valence-electron chi connectivity index (χ1n) is 6.85. The van der Waals surface area contributed by atoms with E-state index in [1.165, 1.54) is 16.4 Å². The lowest BCUT2D eigenvalue weighted by Gasteiger charge is -2.17. The van der Waals surface area contributed by atoms with Gasteiger partial charge in [0.1, 0.15) is 10.8 Å². The van der Waals surface area contributed by atoms with Gasteiger partial charge in [0.05, 0.1) is 12.0 Å². The molecule has 5 nitrogen and oxygen atoms in total. The summed E-state index contributed by atoms with van der Waals surface area (Å²) in [6.07, 6.45) is 1.69. The number of nitrogens with zero attached hydrogens (tertiary/aromatic N) is 3. The van der Waals surface area contributed by atoms with Crippen LogP contribution in [-0.4, -0.2) is 40.9 Å². The summed E-state index contributed by atoms with van der Waals surface area (Å²) in [5.41, 5.74) is 0. The molecule has 0 N–H and O–H groups in total.